The van der Waals surface area contributed by atoms with Gasteiger partial charge in [0, 0.05) is 24.7 Å². The molecule has 5 N–H and O–H groups in total. The number of carbonyl (C=O) groups excluding carboxylic acids is 4. The first-order valence-electron chi connectivity index (χ1n) is 16.5. The van der Waals surface area contributed by atoms with E-state index in [4.69, 9.17) is 9.47 Å². The molecule has 260 valence electrons. The normalized spacial score (nSPS) is 13.6. The van der Waals surface area contributed by atoms with Gasteiger partial charge in [-0.15, -0.1) is 0 Å². The zero-order valence-corrected chi connectivity index (χ0v) is 28.1. The van der Waals surface area contributed by atoms with Gasteiger partial charge in [-0.2, -0.15) is 0 Å². The quantitative estimate of drug-likeness (QED) is 0.105. The van der Waals surface area contributed by atoms with E-state index in [2.05, 4.69) is 25.9 Å². The van der Waals surface area contributed by atoms with Crippen LogP contribution >= 0.6 is 0 Å². The van der Waals surface area contributed by atoms with Crippen LogP contribution in [-0.2, 0) is 43.3 Å². The van der Waals surface area contributed by atoms with Gasteiger partial charge in [0.2, 0.25) is 11.8 Å². The van der Waals surface area contributed by atoms with Crippen LogP contribution < -0.4 is 16.0 Å². The van der Waals surface area contributed by atoms with Crippen molar-refractivity contribution in [1.82, 2.24) is 25.9 Å². The van der Waals surface area contributed by atoms with Crippen molar-refractivity contribution in [3.8, 4) is 0 Å². The number of amides is 3. The second-order valence-electron chi connectivity index (χ2n) is 12.3. The highest BCUT2D eigenvalue weighted by Crippen LogP contribution is 2.18. The minimum Gasteiger partial charge on any atom is -0.466 e. The van der Waals surface area contributed by atoms with Crippen molar-refractivity contribution in [2.45, 2.75) is 77.3 Å². The molecule has 0 aliphatic carbocycles. The van der Waals surface area contributed by atoms with Crippen molar-refractivity contribution in [1.29, 1.82) is 0 Å². The number of ether oxygens (including phenoxy) is 2. The first-order chi connectivity index (χ1) is 23.6. The van der Waals surface area contributed by atoms with Crippen molar-refractivity contribution in [3.63, 3.8) is 0 Å². The zero-order chi connectivity index (χ0) is 35.2. The fourth-order valence-corrected chi connectivity index (χ4v) is 5.45. The lowest BCUT2D eigenvalue weighted by Gasteiger charge is -2.28. The van der Waals surface area contributed by atoms with Crippen LogP contribution in [0.2, 0.25) is 0 Å². The Hall–Kier alpha value is -5.23. The van der Waals surface area contributed by atoms with Gasteiger partial charge in [-0.25, -0.2) is 9.78 Å². The summed E-state index contributed by atoms with van der Waals surface area (Å²) >= 11 is 0. The number of fused-ring (bicyclic) bond motifs is 1. The SMILES string of the molecule is CCOC(=O)CC(O)C(CC(C)C)NC(=O)[C@@H](Cc1cnc[nH]1)NC(=O)[C@H](Cc1ccc2ccccc2c1)NC(=O)OCc1ccccc1. The van der Waals surface area contributed by atoms with Crippen LogP contribution in [0.5, 0.6) is 0 Å². The third-order valence-electron chi connectivity index (χ3n) is 7.89. The highest BCUT2D eigenvalue weighted by Gasteiger charge is 2.32. The van der Waals surface area contributed by atoms with Crippen LogP contribution in [0.1, 0.15) is 50.4 Å². The van der Waals surface area contributed by atoms with Gasteiger partial charge in [-0.1, -0.05) is 86.6 Å². The van der Waals surface area contributed by atoms with Gasteiger partial charge in [0.05, 0.1) is 31.5 Å². The van der Waals surface area contributed by atoms with E-state index in [1.54, 1.807) is 13.1 Å². The van der Waals surface area contributed by atoms with Gasteiger partial charge in [0.25, 0.3) is 0 Å². The van der Waals surface area contributed by atoms with Gasteiger partial charge in [0.15, 0.2) is 0 Å². The van der Waals surface area contributed by atoms with E-state index >= 15 is 0 Å². The molecule has 0 aliphatic rings. The van der Waals surface area contributed by atoms with Gasteiger partial charge in [0.1, 0.15) is 18.7 Å². The van der Waals surface area contributed by atoms with E-state index in [-0.39, 0.29) is 38.4 Å². The topological polar surface area (TPSA) is 172 Å². The molecule has 4 rings (SSSR count). The summed E-state index contributed by atoms with van der Waals surface area (Å²) < 4.78 is 10.4. The Morgan fingerprint density at radius 3 is 2.20 bits per heavy atom. The average molecular weight is 672 g/mol. The molecule has 1 aromatic heterocycles. The largest absolute Gasteiger partial charge is 0.466 e. The number of aliphatic hydroxyl groups excluding tert-OH is 1. The maximum Gasteiger partial charge on any atom is 0.408 e. The Morgan fingerprint density at radius 1 is 0.816 bits per heavy atom. The first-order valence-corrected chi connectivity index (χ1v) is 16.5. The zero-order valence-electron chi connectivity index (χ0n) is 28.1. The van der Waals surface area contributed by atoms with Crippen molar-refractivity contribution in [2.75, 3.05) is 6.61 Å². The number of alkyl carbamates (subject to hydrolysis) is 1. The number of nitrogens with zero attached hydrogens (tertiary/aromatic N) is 1. The third-order valence-corrected chi connectivity index (χ3v) is 7.89. The highest BCUT2D eigenvalue weighted by molar-refractivity contribution is 5.92. The molecule has 3 aromatic carbocycles. The highest BCUT2D eigenvalue weighted by atomic mass is 16.5. The fraction of sp³-hybridized carbons (Fsp3) is 0.378. The number of aromatic nitrogens is 2. The van der Waals surface area contributed by atoms with Crippen LogP contribution in [0.15, 0.2) is 85.3 Å². The lowest BCUT2D eigenvalue weighted by atomic mass is 9.96. The lowest BCUT2D eigenvalue weighted by Crippen LogP contribution is -2.57. The molecule has 0 fully saturated rings. The van der Waals surface area contributed by atoms with Gasteiger partial charge < -0.3 is 35.5 Å². The van der Waals surface area contributed by atoms with Crippen molar-refractivity contribution in [2.24, 2.45) is 5.92 Å². The summed E-state index contributed by atoms with van der Waals surface area (Å²) in [4.78, 5) is 59.9. The molecular weight excluding hydrogens is 626 g/mol. The number of H-pyrrole nitrogens is 1. The molecule has 0 bridgehead atoms. The van der Waals surface area contributed by atoms with E-state index in [0.717, 1.165) is 21.9 Å². The Kier molecular flexibility index (Phi) is 13.7. The number of rotatable bonds is 17. The number of esters is 1. The molecule has 12 nitrogen and oxygen atoms in total. The molecule has 4 atom stereocenters. The van der Waals surface area contributed by atoms with Crippen LogP contribution in [0, 0.1) is 5.92 Å². The molecule has 0 aliphatic heterocycles. The van der Waals surface area contributed by atoms with Crippen molar-refractivity contribution >= 4 is 34.6 Å². The van der Waals surface area contributed by atoms with Crippen LogP contribution in [-0.4, -0.2) is 69.8 Å². The lowest BCUT2D eigenvalue weighted by molar-refractivity contribution is -0.146. The van der Waals surface area contributed by atoms with E-state index in [1.807, 2.05) is 86.6 Å². The molecule has 1 heterocycles. The van der Waals surface area contributed by atoms with Crippen LogP contribution in [0.3, 0.4) is 0 Å². The molecular formula is C37H45N5O7. The summed E-state index contributed by atoms with van der Waals surface area (Å²) in [6, 6.07) is 19.7. The molecule has 4 aromatic rings. The van der Waals surface area contributed by atoms with Crippen molar-refractivity contribution in [3.05, 3.63) is 102 Å². The van der Waals surface area contributed by atoms with E-state index in [1.165, 1.54) is 6.33 Å². The second-order valence-corrected chi connectivity index (χ2v) is 12.3. The molecule has 12 heteroatoms. The van der Waals surface area contributed by atoms with Gasteiger partial charge in [-0.3, -0.25) is 14.4 Å². The minimum atomic E-state index is -1.21. The monoisotopic (exact) mass is 671 g/mol. The summed E-state index contributed by atoms with van der Waals surface area (Å²) in [5.41, 5.74) is 2.15. The number of aliphatic hydroxyl groups is 1. The fourth-order valence-electron chi connectivity index (χ4n) is 5.45. The Morgan fingerprint density at radius 2 is 1.51 bits per heavy atom. The molecule has 0 saturated carbocycles. The van der Waals surface area contributed by atoms with Crippen molar-refractivity contribution < 1.29 is 33.8 Å². The molecule has 2 unspecified atom stereocenters. The van der Waals surface area contributed by atoms with Crippen LogP contribution in [0.25, 0.3) is 10.8 Å². The molecule has 0 saturated heterocycles. The third kappa shape index (κ3) is 11.8. The number of imidazole rings is 1. The Labute approximate surface area is 286 Å². The summed E-state index contributed by atoms with van der Waals surface area (Å²) in [6.45, 7) is 5.71. The maximum atomic E-state index is 14.0. The van der Waals surface area contributed by atoms with E-state index in [0.29, 0.717) is 12.1 Å². The Bertz CT molecular complexity index is 1660. The summed E-state index contributed by atoms with van der Waals surface area (Å²) in [6.07, 6.45) is 1.23. The predicted molar refractivity (Wildman–Crippen MR) is 184 cm³/mol. The first kappa shape index (κ1) is 36.6. The van der Waals surface area contributed by atoms with E-state index < -0.39 is 48.1 Å². The summed E-state index contributed by atoms with van der Waals surface area (Å²) in [5, 5.41) is 21.2. The summed E-state index contributed by atoms with van der Waals surface area (Å²) in [5.74, 6) is -1.70. The average Bonchev–Trinajstić information content (AvgIpc) is 3.60. The summed E-state index contributed by atoms with van der Waals surface area (Å²) in [7, 11) is 0. The molecule has 0 radical (unpaired) electrons. The van der Waals surface area contributed by atoms with E-state index in [9.17, 15) is 24.3 Å². The number of benzene rings is 3. The van der Waals surface area contributed by atoms with Crippen LogP contribution in [0.4, 0.5) is 4.79 Å². The Balaban J connectivity index is 1.55. The smallest absolute Gasteiger partial charge is 0.408 e. The standard InChI is InChI=1S/C37H45N5O7/c1-4-48-34(44)20-33(43)30(16-24(2)3)40-36(46)32(19-29-21-38-23-39-29)41-35(45)31(42-37(47)49-22-25-10-6-5-7-11-25)18-26-14-15-27-12-8-9-13-28(27)17-26/h5-15,17,21,23-24,30-33,43H,4,16,18-20,22H2,1-3H3,(H,38,39)(H,40,46)(H,41,45)(H,42,47)/t30?,31-,32+,33?/m0/s1. The maximum absolute atomic E-state index is 14.0. The number of hydrogen-bond donors (Lipinski definition) is 5. The second kappa shape index (κ2) is 18.3. The van der Waals surface area contributed by atoms with Gasteiger partial charge >= 0.3 is 12.1 Å². The minimum absolute atomic E-state index is 0.00715. The number of nitrogens with one attached hydrogen (secondary N) is 4. The molecule has 3 amide bonds. The molecule has 49 heavy (non-hydrogen) atoms. The number of hydrogen-bond acceptors (Lipinski definition) is 8. The number of aromatic amines is 1. The predicted octanol–water partition coefficient (Wildman–Crippen LogP) is 3.97. The molecule has 0 spiro atoms. The number of carbonyl (C=O) groups is 4. The van der Waals surface area contributed by atoms with Gasteiger partial charge in [-0.05, 0) is 41.2 Å².